The lowest BCUT2D eigenvalue weighted by Crippen LogP contribution is -2.38. The average Bonchev–Trinajstić information content (AvgIpc) is 3.24. The van der Waals surface area contributed by atoms with Gasteiger partial charge in [0.15, 0.2) is 5.82 Å². The number of nitrogens with zero attached hydrogens (tertiary/aromatic N) is 4. The van der Waals surface area contributed by atoms with E-state index in [1.807, 2.05) is 36.9 Å². The maximum absolute atomic E-state index is 14.1. The van der Waals surface area contributed by atoms with Crippen molar-refractivity contribution in [3.8, 4) is 17.5 Å². The Morgan fingerprint density at radius 3 is 2.44 bits per heavy atom. The molecule has 1 amide bonds. The third kappa shape index (κ3) is 4.09. The largest absolute Gasteiger partial charge is 0.339 e. The Kier molecular flexibility index (Phi) is 5.91. The predicted molar refractivity (Wildman–Crippen MR) is 127 cm³/mol. The number of aromatic amines is 1. The van der Waals surface area contributed by atoms with E-state index in [1.165, 1.54) is 18.1 Å². The highest BCUT2D eigenvalue weighted by atomic mass is 19.1. The standard InChI is InChI=1S/C27H28FN5O/c1-16-12-23(19-4-3-5-19)24(26-30-17(2)31-32-26)14-22(16)27(34)33-10-8-18(9-11-33)20-6-7-21(15-29)25(28)13-20/h6-7,12-14,18-19H,3-5,8-11H2,1-2H3,(H,30,31,32). The molecular formula is C27H28FN5O. The number of likely N-dealkylation sites (tertiary alicyclic amines) is 1. The molecule has 1 aromatic heterocycles. The quantitative estimate of drug-likeness (QED) is 0.569. The highest BCUT2D eigenvalue weighted by Gasteiger charge is 2.29. The van der Waals surface area contributed by atoms with Gasteiger partial charge in [-0.3, -0.25) is 4.79 Å². The molecular weight excluding hydrogens is 429 g/mol. The van der Waals surface area contributed by atoms with Crippen LogP contribution in [0.25, 0.3) is 11.4 Å². The van der Waals surface area contributed by atoms with Gasteiger partial charge in [0.05, 0.1) is 5.56 Å². The van der Waals surface area contributed by atoms with Gasteiger partial charge in [-0.1, -0.05) is 18.6 Å². The zero-order valence-electron chi connectivity index (χ0n) is 19.6. The Hall–Kier alpha value is -3.53. The van der Waals surface area contributed by atoms with Crippen LogP contribution in [0.1, 0.15) is 82.4 Å². The number of aromatic nitrogens is 3. The van der Waals surface area contributed by atoms with Crippen molar-refractivity contribution >= 4 is 5.91 Å². The second-order valence-electron chi connectivity index (χ2n) is 9.56. The lowest BCUT2D eigenvalue weighted by Gasteiger charge is -2.33. The number of carbonyl (C=O) groups is 1. The van der Waals surface area contributed by atoms with Crippen LogP contribution in [0, 0.1) is 31.0 Å². The molecule has 6 nitrogen and oxygen atoms in total. The molecule has 3 aromatic rings. The first-order valence-corrected chi connectivity index (χ1v) is 12.0. The van der Waals surface area contributed by atoms with Gasteiger partial charge >= 0.3 is 0 Å². The van der Waals surface area contributed by atoms with Crippen LogP contribution in [-0.4, -0.2) is 39.1 Å². The van der Waals surface area contributed by atoms with Crippen LogP contribution in [0.15, 0.2) is 30.3 Å². The fraction of sp³-hybridized carbons (Fsp3) is 0.407. The van der Waals surface area contributed by atoms with E-state index in [-0.39, 0.29) is 17.4 Å². The van der Waals surface area contributed by atoms with E-state index in [0.29, 0.717) is 24.6 Å². The van der Waals surface area contributed by atoms with Gasteiger partial charge in [-0.25, -0.2) is 4.39 Å². The summed E-state index contributed by atoms with van der Waals surface area (Å²) in [7, 11) is 0. The molecule has 0 unspecified atom stereocenters. The van der Waals surface area contributed by atoms with E-state index in [4.69, 9.17) is 5.26 Å². The number of carbonyl (C=O) groups excluding carboxylic acids is 1. The van der Waals surface area contributed by atoms with Crippen molar-refractivity contribution in [1.82, 2.24) is 20.1 Å². The van der Waals surface area contributed by atoms with E-state index in [0.717, 1.165) is 54.0 Å². The highest BCUT2D eigenvalue weighted by molar-refractivity contribution is 5.97. The molecule has 0 radical (unpaired) electrons. The van der Waals surface area contributed by atoms with Crippen LogP contribution in [0.3, 0.4) is 0 Å². The van der Waals surface area contributed by atoms with Crippen molar-refractivity contribution in [3.05, 3.63) is 69.8 Å². The number of H-pyrrole nitrogens is 1. The first-order chi connectivity index (χ1) is 16.4. The zero-order chi connectivity index (χ0) is 23.8. The smallest absolute Gasteiger partial charge is 0.254 e. The fourth-order valence-electron chi connectivity index (χ4n) is 5.15. The summed E-state index contributed by atoms with van der Waals surface area (Å²) in [5, 5.41) is 17.4. The van der Waals surface area contributed by atoms with Gasteiger partial charge in [0.25, 0.3) is 5.91 Å². The van der Waals surface area contributed by atoms with Gasteiger partial charge in [-0.15, -0.1) is 10.2 Å². The van der Waals surface area contributed by atoms with Crippen LogP contribution in [0.2, 0.25) is 0 Å². The first kappa shape index (κ1) is 22.3. The number of benzene rings is 2. The van der Waals surface area contributed by atoms with Crippen molar-refractivity contribution in [2.45, 2.75) is 57.8 Å². The van der Waals surface area contributed by atoms with Crippen molar-refractivity contribution in [3.63, 3.8) is 0 Å². The molecule has 2 aliphatic rings. The molecule has 0 bridgehead atoms. The Morgan fingerprint density at radius 2 is 1.85 bits per heavy atom. The molecule has 0 spiro atoms. The Labute approximate surface area is 198 Å². The number of halogens is 1. The normalized spacial score (nSPS) is 16.8. The summed E-state index contributed by atoms with van der Waals surface area (Å²) in [4.78, 5) is 18.7. The minimum atomic E-state index is -0.476. The number of piperidine rings is 1. The Bertz CT molecular complexity index is 1280. The van der Waals surface area contributed by atoms with Crippen LogP contribution in [0.5, 0.6) is 0 Å². The molecule has 2 aromatic carbocycles. The number of rotatable bonds is 4. The third-order valence-corrected chi connectivity index (χ3v) is 7.39. The molecule has 34 heavy (non-hydrogen) atoms. The van der Waals surface area contributed by atoms with Crippen molar-refractivity contribution in [2.75, 3.05) is 13.1 Å². The number of nitrogens with one attached hydrogen (secondary N) is 1. The first-order valence-electron chi connectivity index (χ1n) is 12.0. The molecule has 1 N–H and O–H groups in total. The topological polar surface area (TPSA) is 85.7 Å². The number of nitriles is 1. The van der Waals surface area contributed by atoms with Gasteiger partial charge in [0.1, 0.15) is 17.7 Å². The van der Waals surface area contributed by atoms with Crippen molar-refractivity contribution in [2.24, 2.45) is 0 Å². The van der Waals surface area contributed by atoms with Crippen molar-refractivity contribution < 1.29 is 9.18 Å². The molecule has 1 saturated carbocycles. The third-order valence-electron chi connectivity index (χ3n) is 7.39. The average molecular weight is 458 g/mol. The molecule has 1 aliphatic carbocycles. The lowest BCUT2D eigenvalue weighted by atomic mass is 9.77. The van der Waals surface area contributed by atoms with E-state index >= 15 is 0 Å². The minimum absolute atomic E-state index is 0.0274. The molecule has 2 heterocycles. The number of hydrogen-bond acceptors (Lipinski definition) is 4. The number of amides is 1. The molecule has 7 heteroatoms. The fourth-order valence-corrected chi connectivity index (χ4v) is 5.15. The summed E-state index contributed by atoms with van der Waals surface area (Å²) in [6, 6.07) is 10.9. The van der Waals surface area contributed by atoms with Crippen LogP contribution >= 0.6 is 0 Å². The second-order valence-corrected chi connectivity index (χ2v) is 9.56. The van der Waals surface area contributed by atoms with Crippen molar-refractivity contribution in [1.29, 1.82) is 5.26 Å². The zero-order valence-corrected chi connectivity index (χ0v) is 19.6. The number of hydrogen-bond donors (Lipinski definition) is 1. The Balaban J connectivity index is 1.37. The van der Waals surface area contributed by atoms with Gasteiger partial charge < -0.3 is 9.88 Å². The molecule has 174 valence electrons. The summed E-state index contributed by atoms with van der Waals surface area (Å²) < 4.78 is 14.1. The van der Waals surface area contributed by atoms with Gasteiger partial charge in [-0.2, -0.15) is 5.26 Å². The molecule has 1 saturated heterocycles. The SMILES string of the molecule is Cc1nnc(-c2cc(C(=O)N3CCC(c4ccc(C#N)c(F)c4)CC3)c(C)cc2C2CCC2)[nH]1. The van der Waals surface area contributed by atoms with Crippen LogP contribution < -0.4 is 0 Å². The van der Waals surface area contributed by atoms with E-state index in [1.54, 1.807) is 6.07 Å². The second kappa shape index (κ2) is 9.02. The summed E-state index contributed by atoms with van der Waals surface area (Å²) in [6.45, 7) is 5.12. The van der Waals surface area contributed by atoms with Gasteiger partial charge in [0.2, 0.25) is 0 Å². The monoisotopic (exact) mass is 457 g/mol. The summed E-state index contributed by atoms with van der Waals surface area (Å²) >= 11 is 0. The van der Waals surface area contributed by atoms with Crippen LogP contribution in [-0.2, 0) is 0 Å². The summed E-state index contributed by atoms with van der Waals surface area (Å²) in [5.41, 5.74) is 4.88. The minimum Gasteiger partial charge on any atom is -0.339 e. The molecule has 0 atom stereocenters. The summed E-state index contributed by atoms with van der Waals surface area (Å²) in [6.07, 6.45) is 5.10. The Morgan fingerprint density at radius 1 is 1.09 bits per heavy atom. The van der Waals surface area contributed by atoms with E-state index in [9.17, 15) is 9.18 Å². The molecule has 5 rings (SSSR count). The van der Waals surface area contributed by atoms with E-state index < -0.39 is 5.82 Å². The molecule has 2 fully saturated rings. The molecule has 1 aliphatic heterocycles. The maximum Gasteiger partial charge on any atom is 0.254 e. The predicted octanol–water partition coefficient (Wildman–Crippen LogP) is 5.39. The maximum atomic E-state index is 14.1. The number of aryl methyl sites for hydroxylation is 2. The van der Waals surface area contributed by atoms with Crippen LogP contribution in [0.4, 0.5) is 4.39 Å². The highest BCUT2D eigenvalue weighted by Crippen LogP contribution is 2.42. The van der Waals surface area contributed by atoms with E-state index in [2.05, 4.69) is 21.2 Å². The summed E-state index contributed by atoms with van der Waals surface area (Å²) in [5.74, 6) is 1.71. The van der Waals surface area contributed by atoms with Gasteiger partial charge in [-0.05, 0) is 86.3 Å². The lowest BCUT2D eigenvalue weighted by molar-refractivity contribution is 0.0712. The van der Waals surface area contributed by atoms with Gasteiger partial charge in [0, 0.05) is 24.2 Å².